The summed E-state index contributed by atoms with van der Waals surface area (Å²) in [5.74, 6) is 0. The van der Waals surface area contributed by atoms with Crippen LogP contribution in [0.1, 0.15) is 0 Å². The van der Waals surface area contributed by atoms with E-state index in [0.717, 1.165) is 18.2 Å². The van der Waals surface area contributed by atoms with Gasteiger partial charge in [-0.2, -0.15) is 16.8 Å². The molecule has 7 nitrogen and oxygen atoms in total. The molecule has 9 heteroatoms. The number of anilines is 1. The van der Waals surface area contributed by atoms with Crippen LogP contribution in [0.4, 0.5) is 5.69 Å². The topological polar surface area (TPSA) is 135 Å². The van der Waals surface area contributed by atoms with Gasteiger partial charge in [0, 0.05) is 17.1 Å². The molecule has 0 saturated heterocycles. The molecule has 0 aliphatic rings. The zero-order chi connectivity index (χ0) is 14.4. The number of nitrogens with two attached hydrogens (primary N) is 1. The third-order valence-corrected chi connectivity index (χ3v) is 4.06. The van der Waals surface area contributed by atoms with Crippen LogP contribution < -0.4 is 5.73 Å². The number of rotatable bonds is 2. The summed E-state index contributed by atoms with van der Waals surface area (Å²) in [5, 5.41) is 0.485. The molecule has 0 heterocycles. The Hall–Kier alpha value is -1.68. The third-order valence-electron chi connectivity index (χ3n) is 2.43. The van der Waals surface area contributed by atoms with Crippen LogP contribution in [0.2, 0.25) is 0 Å². The number of benzene rings is 2. The van der Waals surface area contributed by atoms with Gasteiger partial charge in [-0.05, 0) is 23.6 Å². The van der Waals surface area contributed by atoms with Crippen molar-refractivity contribution in [3.05, 3.63) is 30.3 Å². The lowest BCUT2D eigenvalue weighted by atomic mass is 10.1. The highest BCUT2D eigenvalue weighted by Crippen LogP contribution is 2.27. The molecule has 0 fully saturated rings. The van der Waals surface area contributed by atoms with Gasteiger partial charge in [0.15, 0.2) is 0 Å². The summed E-state index contributed by atoms with van der Waals surface area (Å²) in [4.78, 5) is -0.989. The molecule has 0 aliphatic carbocycles. The lowest BCUT2D eigenvalue weighted by Crippen LogP contribution is -2.02. The summed E-state index contributed by atoms with van der Waals surface area (Å²) in [5.41, 5.74) is 5.51. The van der Waals surface area contributed by atoms with Crippen LogP contribution >= 0.6 is 0 Å². The lowest BCUT2D eigenvalue weighted by Gasteiger charge is -2.06. The maximum atomic E-state index is 11.0. The van der Waals surface area contributed by atoms with Crippen molar-refractivity contribution in [3.8, 4) is 0 Å². The number of hydrogen-bond donors (Lipinski definition) is 3. The number of hydrogen-bond acceptors (Lipinski definition) is 5. The van der Waals surface area contributed by atoms with Crippen molar-refractivity contribution in [2.24, 2.45) is 0 Å². The second kappa shape index (κ2) is 4.17. The Balaban J connectivity index is 2.85. The first-order valence-electron chi connectivity index (χ1n) is 4.79. The van der Waals surface area contributed by atoms with Crippen molar-refractivity contribution in [2.75, 3.05) is 5.73 Å². The van der Waals surface area contributed by atoms with Gasteiger partial charge in [-0.25, -0.2) is 0 Å². The first-order valence-corrected chi connectivity index (χ1v) is 7.67. The Morgan fingerprint density at radius 2 is 1.63 bits per heavy atom. The molecule has 1 radical (unpaired) electrons. The molecule has 101 valence electrons. The molecule has 2 rings (SSSR count). The predicted molar refractivity (Wildman–Crippen MR) is 66.8 cm³/mol. The summed E-state index contributed by atoms with van der Waals surface area (Å²) in [6, 6.07) is 6.75. The van der Waals surface area contributed by atoms with E-state index in [-0.39, 0.29) is 11.1 Å². The minimum Gasteiger partial charge on any atom is -0.398 e. The fourth-order valence-electron chi connectivity index (χ4n) is 1.58. The molecule has 0 spiro atoms. The summed E-state index contributed by atoms with van der Waals surface area (Å²) in [6.45, 7) is 0. The molecule has 0 saturated carbocycles. The Morgan fingerprint density at radius 3 is 2.16 bits per heavy atom. The minimum atomic E-state index is -4.51. The summed E-state index contributed by atoms with van der Waals surface area (Å²) in [7, 11) is -8.93. The molecule has 2 aromatic rings. The second-order valence-corrected chi connectivity index (χ2v) is 6.56. The van der Waals surface area contributed by atoms with Crippen LogP contribution in [0.15, 0.2) is 34.1 Å². The first-order chi connectivity index (χ1) is 8.59. The zero-order valence-electron chi connectivity index (χ0n) is 9.23. The SMILES string of the molecule is Nc1[c]c(S(=O)(=O)O)cc2cc(S(=O)(=O)O)ccc12. The number of nitrogen functional groups attached to an aromatic ring is 1. The van der Waals surface area contributed by atoms with Gasteiger partial charge in [0.1, 0.15) is 4.90 Å². The first kappa shape index (κ1) is 13.7. The molecule has 0 aliphatic heterocycles. The van der Waals surface area contributed by atoms with E-state index in [1.165, 1.54) is 6.07 Å². The van der Waals surface area contributed by atoms with Gasteiger partial charge in [-0.1, -0.05) is 6.07 Å². The Labute approximate surface area is 109 Å². The van der Waals surface area contributed by atoms with Crippen molar-refractivity contribution in [2.45, 2.75) is 9.79 Å². The third kappa shape index (κ3) is 2.68. The smallest absolute Gasteiger partial charge is 0.295 e. The highest BCUT2D eigenvalue weighted by Gasteiger charge is 2.15. The van der Waals surface area contributed by atoms with Gasteiger partial charge < -0.3 is 5.73 Å². The zero-order valence-corrected chi connectivity index (χ0v) is 10.9. The van der Waals surface area contributed by atoms with Crippen molar-refractivity contribution < 1.29 is 25.9 Å². The maximum absolute atomic E-state index is 11.0. The van der Waals surface area contributed by atoms with E-state index in [4.69, 9.17) is 14.8 Å². The average Bonchev–Trinajstić information content (AvgIpc) is 2.25. The Kier molecular flexibility index (Phi) is 3.01. The molecule has 0 atom stereocenters. The summed E-state index contributed by atoms with van der Waals surface area (Å²) in [6.07, 6.45) is 0. The second-order valence-electron chi connectivity index (χ2n) is 3.75. The fourth-order valence-corrected chi connectivity index (χ4v) is 2.61. The van der Waals surface area contributed by atoms with Crippen LogP contribution in [0.25, 0.3) is 10.8 Å². The van der Waals surface area contributed by atoms with Gasteiger partial charge >= 0.3 is 0 Å². The quantitative estimate of drug-likeness (QED) is 0.549. The molecule has 0 aromatic heterocycles. The fraction of sp³-hybridized carbons (Fsp3) is 0. The van der Waals surface area contributed by atoms with Gasteiger partial charge in [-0.3, -0.25) is 9.11 Å². The largest absolute Gasteiger partial charge is 0.398 e. The van der Waals surface area contributed by atoms with E-state index in [0.29, 0.717) is 5.39 Å². The van der Waals surface area contributed by atoms with Crippen LogP contribution in [-0.2, 0) is 20.2 Å². The van der Waals surface area contributed by atoms with Gasteiger partial charge in [-0.15, -0.1) is 0 Å². The van der Waals surface area contributed by atoms with Crippen molar-refractivity contribution in [1.82, 2.24) is 0 Å². The van der Waals surface area contributed by atoms with Crippen LogP contribution in [0, 0.1) is 6.07 Å². The molecule has 4 N–H and O–H groups in total. The Bertz CT molecular complexity index is 865. The standard InChI is InChI=1S/C10H8NO6S2/c11-10-5-8(19(15,16)17)4-6-3-7(18(12,13)14)1-2-9(6)10/h1-4H,11H2,(H,12,13,14)(H,15,16,17). The van der Waals surface area contributed by atoms with Crippen LogP contribution in [0.5, 0.6) is 0 Å². The van der Waals surface area contributed by atoms with E-state index in [2.05, 4.69) is 6.07 Å². The molecular weight excluding hydrogens is 294 g/mol. The number of fused-ring (bicyclic) bond motifs is 1. The predicted octanol–water partition coefficient (Wildman–Crippen LogP) is 0.716. The molecular formula is C10H8NO6S2. The molecule has 0 bridgehead atoms. The highest BCUT2D eigenvalue weighted by molar-refractivity contribution is 7.86. The van der Waals surface area contributed by atoms with Crippen LogP contribution in [0.3, 0.4) is 0 Å². The summed E-state index contributed by atoms with van der Waals surface area (Å²) < 4.78 is 61.8. The highest BCUT2D eigenvalue weighted by atomic mass is 32.2. The van der Waals surface area contributed by atoms with Gasteiger partial charge in [0.05, 0.1) is 4.90 Å². The van der Waals surface area contributed by atoms with E-state index in [1.807, 2.05) is 0 Å². The van der Waals surface area contributed by atoms with Gasteiger partial charge in [0.25, 0.3) is 20.2 Å². The normalized spacial score (nSPS) is 12.7. The van der Waals surface area contributed by atoms with Crippen molar-refractivity contribution in [3.63, 3.8) is 0 Å². The lowest BCUT2D eigenvalue weighted by molar-refractivity contribution is 0.481. The maximum Gasteiger partial charge on any atom is 0.295 e. The molecule has 19 heavy (non-hydrogen) atoms. The van der Waals surface area contributed by atoms with E-state index < -0.39 is 30.0 Å². The van der Waals surface area contributed by atoms with Crippen molar-refractivity contribution >= 4 is 36.7 Å². The Morgan fingerprint density at radius 1 is 1.00 bits per heavy atom. The van der Waals surface area contributed by atoms with Crippen molar-refractivity contribution in [1.29, 1.82) is 0 Å². The minimum absolute atomic E-state index is 0.0630. The van der Waals surface area contributed by atoms with E-state index in [1.54, 1.807) is 0 Å². The van der Waals surface area contributed by atoms with Crippen LogP contribution in [-0.4, -0.2) is 25.9 Å². The molecule has 0 amide bonds. The van der Waals surface area contributed by atoms with Gasteiger partial charge in [0.2, 0.25) is 0 Å². The monoisotopic (exact) mass is 302 g/mol. The average molecular weight is 302 g/mol. The molecule has 0 unspecified atom stereocenters. The van der Waals surface area contributed by atoms with E-state index in [9.17, 15) is 16.8 Å². The molecule has 2 aromatic carbocycles. The summed E-state index contributed by atoms with van der Waals surface area (Å²) >= 11 is 0. The van der Waals surface area contributed by atoms with E-state index >= 15 is 0 Å².